The van der Waals surface area contributed by atoms with Crippen molar-refractivity contribution in [2.24, 2.45) is 0 Å². The molecule has 0 saturated carbocycles. The number of aromatic carboxylic acids is 1. The molecule has 3 amide bonds. The molecule has 0 spiro atoms. The molecule has 0 aliphatic carbocycles. The number of rotatable bonds is 10. The van der Waals surface area contributed by atoms with E-state index in [0.29, 0.717) is 16.9 Å². The second-order valence-electron chi connectivity index (χ2n) is 10.1. The Hall–Kier alpha value is -5.67. The number of hydrogen-bond acceptors (Lipinski definition) is 5. The van der Waals surface area contributed by atoms with Gasteiger partial charge in [0.2, 0.25) is 5.91 Å². The number of anilines is 2. The van der Waals surface area contributed by atoms with Gasteiger partial charge in [0.05, 0.1) is 10.8 Å². The van der Waals surface area contributed by atoms with Gasteiger partial charge >= 0.3 is 5.97 Å². The number of carboxylic acids is 1. The summed E-state index contributed by atoms with van der Waals surface area (Å²) in [6.45, 7) is 1.73. The highest BCUT2D eigenvalue weighted by Crippen LogP contribution is 2.27. The van der Waals surface area contributed by atoms with Crippen molar-refractivity contribution in [3.63, 3.8) is 0 Å². The molecule has 0 saturated heterocycles. The van der Waals surface area contributed by atoms with Crippen LogP contribution in [0.3, 0.4) is 0 Å². The number of hydrogen-bond donors (Lipinski definition) is 4. The van der Waals surface area contributed by atoms with Gasteiger partial charge in [-0.2, -0.15) is 0 Å². The monoisotopic (exact) mass is 615 g/mol. The lowest BCUT2D eigenvalue weighted by atomic mass is 10.0. The number of fused-ring (bicyclic) bond motifs is 1. The van der Waals surface area contributed by atoms with E-state index in [1.807, 2.05) is 54.6 Å². The fourth-order valence-corrected chi connectivity index (χ4v) is 5.48. The highest BCUT2D eigenvalue weighted by atomic mass is 32.2. The average molecular weight is 616 g/mol. The minimum atomic E-state index is -1.08. The largest absolute Gasteiger partial charge is 0.478 e. The van der Waals surface area contributed by atoms with Crippen LogP contribution in [0.15, 0.2) is 132 Å². The molecule has 45 heavy (non-hydrogen) atoms. The molecule has 5 aromatic carbocycles. The van der Waals surface area contributed by atoms with E-state index in [1.165, 1.54) is 23.9 Å². The van der Waals surface area contributed by atoms with Gasteiger partial charge in [-0.1, -0.05) is 72.8 Å². The number of carbonyl (C=O) groups excluding carboxylic acids is 3. The highest BCUT2D eigenvalue weighted by molar-refractivity contribution is 8.00. The van der Waals surface area contributed by atoms with Gasteiger partial charge in [-0.3, -0.25) is 14.4 Å². The Morgan fingerprint density at radius 2 is 1.36 bits per heavy atom. The molecule has 0 aliphatic heterocycles. The third kappa shape index (κ3) is 8.04. The number of carbonyl (C=O) groups is 4. The van der Waals surface area contributed by atoms with Crippen LogP contribution in [-0.4, -0.2) is 34.0 Å². The zero-order valence-corrected chi connectivity index (χ0v) is 25.0. The van der Waals surface area contributed by atoms with Crippen molar-refractivity contribution < 1.29 is 24.3 Å². The molecule has 0 heterocycles. The van der Waals surface area contributed by atoms with E-state index >= 15 is 0 Å². The molecule has 0 bridgehead atoms. The lowest BCUT2D eigenvalue weighted by Crippen LogP contribution is -2.30. The molecule has 8 nitrogen and oxygen atoms in total. The molecule has 224 valence electrons. The molecule has 0 radical (unpaired) electrons. The molecule has 1 atom stereocenters. The van der Waals surface area contributed by atoms with Crippen LogP contribution < -0.4 is 16.0 Å². The van der Waals surface area contributed by atoms with Crippen LogP contribution in [0.2, 0.25) is 0 Å². The quantitative estimate of drug-likeness (QED) is 0.0984. The van der Waals surface area contributed by atoms with Gasteiger partial charge < -0.3 is 21.1 Å². The molecular weight excluding hydrogens is 586 g/mol. The molecule has 5 rings (SSSR count). The summed E-state index contributed by atoms with van der Waals surface area (Å²) in [5, 5.41) is 19.0. The van der Waals surface area contributed by atoms with Crippen LogP contribution in [0.1, 0.15) is 33.2 Å². The maximum Gasteiger partial charge on any atom is 0.335 e. The third-order valence-corrected chi connectivity index (χ3v) is 7.90. The Bertz CT molecular complexity index is 1920. The summed E-state index contributed by atoms with van der Waals surface area (Å²) in [5.74, 6) is -2.32. The minimum absolute atomic E-state index is 0.0644. The van der Waals surface area contributed by atoms with E-state index in [1.54, 1.807) is 67.6 Å². The van der Waals surface area contributed by atoms with E-state index in [9.17, 15) is 24.3 Å². The van der Waals surface area contributed by atoms with Gasteiger partial charge in [0.1, 0.15) is 5.70 Å². The van der Waals surface area contributed by atoms with E-state index in [-0.39, 0.29) is 17.2 Å². The zero-order valence-electron chi connectivity index (χ0n) is 24.2. The van der Waals surface area contributed by atoms with Crippen molar-refractivity contribution in [2.45, 2.75) is 17.1 Å². The summed E-state index contributed by atoms with van der Waals surface area (Å²) in [7, 11) is 0. The Morgan fingerprint density at radius 1 is 0.711 bits per heavy atom. The van der Waals surface area contributed by atoms with Crippen molar-refractivity contribution in [3.8, 4) is 0 Å². The molecule has 4 N–H and O–H groups in total. The number of nitrogens with one attached hydrogen (secondary N) is 3. The Labute approximate surface area is 264 Å². The van der Waals surface area contributed by atoms with Crippen LogP contribution in [0.4, 0.5) is 11.4 Å². The van der Waals surface area contributed by atoms with E-state index in [4.69, 9.17) is 0 Å². The van der Waals surface area contributed by atoms with Crippen molar-refractivity contribution in [2.75, 3.05) is 10.6 Å². The van der Waals surface area contributed by atoms with Crippen molar-refractivity contribution >= 4 is 63.7 Å². The van der Waals surface area contributed by atoms with Crippen LogP contribution in [0.25, 0.3) is 16.8 Å². The van der Waals surface area contributed by atoms with Crippen LogP contribution in [-0.2, 0) is 9.59 Å². The van der Waals surface area contributed by atoms with E-state index in [2.05, 4.69) is 16.0 Å². The van der Waals surface area contributed by atoms with Gasteiger partial charge in [-0.25, -0.2) is 4.79 Å². The summed E-state index contributed by atoms with van der Waals surface area (Å²) < 4.78 is 0. The molecule has 0 aromatic heterocycles. The lowest BCUT2D eigenvalue weighted by Gasteiger charge is -2.14. The SMILES string of the molecule is CC(Sc1cccc(NC(=O)/C(=C\c2cccc3ccccc23)NC(=O)c2ccccc2)c1)C(=O)Nc1cccc(C(=O)O)c1. The van der Waals surface area contributed by atoms with E-state index < -0.39 is 23.0 Å². The van der Waals surface area contributed by atoms with Crippen LogP contribution in [0, 0.1) is 0 Å². The van der Waals surface area contributed by atoms with Crippen molar-refractivity contribution in [1.29, 1.82) is 0 Å². The standard InChI is InChI=1S/C36H29N3O5S/c1-23(33(40)37-28-16-8-15-27(20-28)36(43)44)45-30-18-9-17-29(22-30)38-35(42)32(39-34(41)25-11-3-2-4-12-25)21-26-14-7-13-24-10-5-6-19-31(24)26/h2-23H,1H3,(H,37,40)(H,38,42)(H,39,41)(H,43,44)/b32-21+. The van der Waals surface area contributed by atoms with Crippen LogP contribution >= 0.6 is 11.8 Å². The smallest absolute Gasteiger partial charge is 0.335 e. The Morgan fingerprint density at radius 3 is 2.13 bits per heavy atom. The zero-order chi connectivity index (χ0) is 31.8. The van der Waals surface area contributed by atoms with Crippen molar-refractivity contribution in [1.82, 2.24) is 5.32 Å². The van der Waals surface area contributed by atoms with Gasteiger partial charge in [-0.05, 0) is 77.9 Å². The molecule has 9 heteroatoms. The second-order valence-corrected chi connectivity index (χ2v) is 11.5. The highest BCUT2D eigenvalue weighted by Gasteiger charge is 2.18. The summed E-state index contributed by atoms with van der Waals surface area (Å²) in [5.41, 5.74) is 2.18. The Balaban J connectivity index is 1.34. The maximum atomic E-state index is 13.6. The van der Waals surface area contributed by atoms with Crippen molar-refractivity contribution in [3.05, 3.63) is 144 Å². The summed E-state index contributed by atoms with van der Waals surface area (Å²) >= 11 is 1.28. The predicted molar refractivity (Wildman–Crippen MR) is 178 cm³/mol. The molecule has 1 unspecified atom stereocenters. The summed E-state index contributed by atoms with van der Waals surface area (Å²) in [6.07, 6.45) is 1.66. The van der Waals surface area contributed by atoms with Gasteiger partial charge in [0, 0.05) is 21.8 Å². The van der Waals surface area contributed by atoms with Gasteiger partial charge in [0.25, 0.3) is 11.8 Å². The van der Waals surface area contributed by atoms with Gasteiger partial charge in [-0.15, -0.1) is 11.8 Å². The average Bonchev–Trinajstić information content (AvgIpc) is 3.05. The molecule has 0 aliphatic rings. The Kier molecular flexibility index (Phi) is 9.71. The fraction of sp³-hybridized carbons (Fsp3) is 0.0556. The van der Waals surface area contributed by atoms with E-state index in [0.717, 1.165) is 21.2 Å². The first kappa shape index (κ1) is 30.8. The third-order valence-electron chi connectivity index (χ3n) is 6.80. The molecule has 5 aromatic rings. The topological polar surface area (TPSA) is 125 Å². The number of thioether (sulfide) groups is 1. The summed E-state index contributed by atoms with van der Waals surface area (Å²) in [4.78, 5) is 51.5. The minimum Gasteiger partial charge on any atom is -0.478 e. The number of amides is 3. The fourth-order valence-electron chi connectivity index (χ4n) is 4.55. The van der Waals surface area contributed by atoms with Crippen LogP contribution in [0.5, 0.6) is 0 Å². The lowest BCUT2D eigenvalue weighted by molar-refractivity contribution is -0.115. The first-order valence-corrected chi connectivity index (χ1v) is 14.9. The molecular formula is C36H29N3O5S. The predicted octanol–water partition coefficient (Wildman–Crippen LogP) is 7.07. The maximum absolute atomic E-state index is 13.6. The first-order chi connectivity index (χ1) is 21.8. The van der Waals surface area contributed by atoms with Gasteiger partial charge in [0.15, 0.2) is 0 Å². The second kappa shape index (κ2) is 14.2. The normalized spacial score (nSPS) is 11.8. The first-order valence-electron chi connectivity index (χ1n) is 14.0. The number of benzene rings is 5. The molecule has 0 fully saturated rings. The summed E-state index contributed by atoms with van der Waals surface area (Å²) in [6, 6.07) is 35.3. The number of carboxylic acid groups (broad SMARTS) is 1.